The van der Waals surface area contributed by atoms with Crippen molar-refractivity contribution in [3.05, 3.63) is 11.6 Å². The molecule has 0 aromatic carbocycles. The van der Waals surface area contributed by atoms with Gasteiger partial charge in [0.1, 0.15) is 0 Å². The minimum Gasteiger partial charge on any atom is -0.481 e. The number of hydrogen-bond acceptors (Lipinski definition) is 4. The molecule has 158 valence electrons. The van der Waals surface area contributed by atoms with Crippen LogP contribution in [0.3, 0.4) is 0 Å². The smallest absolute Gasteiger partial charge is 0.318 e. The quantitative estimate of drug-likeness (QED) is 0.427. The average Bonchev–Trinajstić information content (AvgIpc) is 2.97. The van der Waals surface area contributed by atoms with Crippen molar-refractivity contribution in [3.63, 3.8) is 0 Å². The first-order valence-electron chi connectivity index (χ1n) is 11.3. The molecule has 1 heterocycles. The fraction of sp³-hybridized carbons (Fsp3) is 0.792. The number of carboxylic acid groups (broad SMARTS) is 1. The lowest BCUT2D eigenvalue weighted by atomic mass is 9.34. The predicted octanol–water partition coefficient (Wildman–Crippen LogP) is 4.21. The Morgan fingerprint density at radius 2 is 1.86 bits per heavy atom. The molecule has 3 saturated carbocycles. The van der Waals surface area contributed by atoms with Crippen LogP contribution in [0.2, 0.25) is 0 Å². The average molecular weight is 401 g/mol. The van der Waals surface area contributed by atoms with Crippen molar-refractivity contribution < 1.29 is 24.2 Å². The molecule has 29 heavy (non-hydrogen) atoms. The SMILES string of the molecule is CC(C)C1=C[C@@]23CC[C@H]4[C@](C)(C(=O)O)CCC[C@]4(C)C2C[C@@H]1[C@@H]1C(=O)OC(=O)[C@H]13. The van der Waals surface area contributed by atoms with Crippen LogP contribution in [0.1, 0.15) is 66.2 Å². The van der Waals surface area contributed by atoms with Gasteiger partial charge in [-0.05, 0) is 68.1 Å². The minimum absolute atomic E-state index is 0.0550. The van der Waals surface area contributed by atoms with Crippen LogP contribution >= 0.6 is 0 Å². The van der Waals surface area contributed by atoms with Gasteiger partial charge in [0, 0.05) is 5.41 Å². The number of carboxylic acids is 1. The van der Waals surface area contributed by atoms with Crippen LogP contribution in [0.5, 0.6) is 0 Å². The summed E-state index contributed by atoms with van der Waals surface area (Å²) in [6.45, 7) is 8.56. The van der Waals surface area contributed by atoms with E-state index in [1.54, 1.807) is 0 Å². The second kappa shape index (κ2) is 5.73. The largest absolute Gasteiger partial charge is 0.481 e. The summed E-state index contributed by atoms with van der Waals surface area (Å²) in [6.07, 6.45) is 7.48. The summed E-state index contributed by atoms with van der Waals surface area (Å²) in [5.41, 5.74) is 0.122. The maximum Gasteiger partial charge on any atom is 0.318 e. The van der Waals surface area contributed by atoms with Crippen LogP contribution in [0.15, 0.2) is 11.6 Å². The molecule has 0 aromatic heterocycles. The Bertz CT molecular complexity index is 842. The van der Waals surface area contributed by atoms with Gasteiger partial charge >= 0.3 is 17.9 Å². The van der Waals surface area contributed by atoms with Crippen molar-refractivity contribution in [2.24, 2.45) is 51.8 Å². The van der Waals surface area contributed by atoms with Gasteiger partial charge in [-0.2, -0.15) is 0 Å². The Kier molecular flexibility index (Phi) is 3.82. The van der Waals surface area contributed by atoms with Gasteiger partial charge in [-0.15, -0.1) is 0 Å². The Morgan fingerprint density at radius 3 is 2.52 bits per heavy atom. The van der Waals surface area contributed by atoms with Gasteiger partial charge in [-0.3, -0.25) is 14.4 Å². The first kappa shape index (κ1) is 19.3. The van der Waals surface area contributed by atoms with Crippen molar-refractivity contribution in [3.8, 4) is 0 Å². The van der Waals surface area contributed by atoms with Gasteiger partial charge in [-0.25, -0.2) is 0 Å². The van der Waals surface area contributed by atoms with Crippen molar-refractivity contribution in [1.82, 2.24) is 0 Å². The van der Waals surface area contributed by atoms with Crippen LogP contribution in [0, 0.1) is 51.8 Å². The van der Waals surface area contributed by atoms with Gasteiger partial charge in [-0.1, -0.05) is 38.8 Å². The molecule has 5 nitrogen and oxygen atoms in total. The monoisotopic (exact) mass is 400 g/mol. The molecule has 8 atom stereocenters. The standard InChI is InChI=1S/C24H32O5/c1-12(2)14-11-24-9-6-15-22(3,7-5-8-23(15,4)21(27)28)16(24)10-13(14)17-18(24)20(26)29-19(17)25/h11-13,15-18H,5-10H2,1-4H3,(H,27,28)/t13-,15+,16?,17-,18-,22-,23+,24-/m0/s1. The summed E-state index contributed by atoms with van der Waals surface area (Å²) in [5, 5.41) is 10.1. The zero-order valence-corrected chi connectivity index (χ0v) is 17.9. The van der Waals surface area contributed by atoms with Crippen LogP contribution in [-0.4, -0.2) is 23.0 Å². The molecular weight excluding hydrogens is 368 g/mol. The number of carbonyl (C=O) groups is 3. The second-order valence-corrected chi connectivity index (χ2v) is 11.2. The number of ether oxygens (including phenoxy) is 1. The van der Waals surface area contributed by atoms with E-state index in [4.69, 9.17) is 4.74 Å². The molecule has 6 aliphatic rings. The topological polar surface area (TPSA) is 80.7 Å². The lowest BCUT2D eigenvalue weighted by molar-refractivity contribution is -0.195. The molecule has 0 amide bonds. The number of hydrogen-bond donors (Lipinski definition) is 1. The molecule has 5 aliphatic carbocycles. The van der Waals surface area contributed by atoms with E-state index in [9.17, 15) is 19.5 Å². The molecule has 0 radical (unpaired) electrons. The van der Waals surface area contributed by atoms with E-state index in [2.05, 4.69) is 26.8 Å². The normalized spacial score (nSPS) is 50.5. The first-order chi connectivity index (χ1) is 13.6. The third kappa shape index (κ3) is 2.14. The molecular formula is C24H32O5. The van der Waals surface area contributed by atoms with E-state index < -0.39 is 11.4 Å². The summed E-state index contributed by atoms with van der Waals surface area (Å²) in [5.74, 6) is -1.33. The van der Waals surface area contributed by atoms with E-state index in [0.29, 0.717) is 5.92 Å². The Morgan fingerprint density at radius 1 is 1.14 bits per heavy atom. The molecule has 0 aromatic rings. The van der Waals surface area contributed by atoms with Crippen molar-refractivity contribution in [2.75, 3.05) is 0 Å². The summed E-state index contributed by atoms with van der Waals surface area (Å²) < 4.78 is 5.20. The van der Waals surface area contributed by atoms with E-state index in [0.717, 1.165) is 38.5 Å². The molecule has 6 rings (SSSR count). The van der Waals surface area contributed by atoms with Gasteiger partial charge in [0.25, 0.3) is 0 Å². The van der Waals surface area contributed by atoms with E-state index in [1.807, 2.05) is 6.92 Å². The van der Waals surface area contributed by atoms with Crippen molar-refractivity contribution in [2.45, 2.75) is 66.2 Å². The summed E-state index contributed by atoms with van der Waals surface area (Å²) in [7, 11) is 0. The third-order valence-electron chi connectivity index (χ3n) is 9.89. The third-order valence-corrected chi connectivity index (χ3v) is 9.89. The Balaban J connectivity index is 1.67. The molecule has 4 fully saturated rings. The number of cyclic esters (lactones) is 2. The highest BCUT2D eigenvalue weighted by Gasteiger charge is 2.73. The van der Waals surface area contributed by atoms with Crippen LogP contribution < -0.4 is 0 Å². The van der Waals surface area contributed by atoms with Gasteiger partial charge in [0.2, 0.25) is 0 Å². The van der Waals surface area contributed by atoms with E-state index >= 15 is 0 Å². The zero-order chi connectivity index (χ0) is 20.9. The molecule has 1 N–H and O–H groups in total. The highest BCUT2D eigenvalue weighted by molar-refractivity contribution is 5.98. The highest BCUT2D eigenvalue weighted by atomic mass is 16.6. The number of fused-ring (bicyclic) bond motifs is 1. The molecule has 1 aliphatic heterocycles. The van der Waals surface area contributed by atoms with E-state index in [-0.39, 0.29) is 52.4 Å². The second-order valence-electron chi connectivity index (χ2n) is 11.2. The fourth-order valence-electron chi connectivity index (χ4n) is 8.76. The van der Waals surface area contributed by atoms with Crippen molar-refractivity contribution in [1.29, 1.82) is 0 Å². The summed E-state index contributed by atoms with van der Waals surface area (Å²) >= 11 is 0. The Labute approximate surface area is 172 Å². The molecule has 1 saturated heterocycles. The molecule has 1 unspecified atom stereocenters. The van der Waals surface area contributed by atoms with Gasteiger partial charge in [0.05, 0.1) is 17.3 Å². The number of allylic oxidation sites excluding steroid dienone is 2. The van der Waals surface area contributed by atoms with Crippen LogP contribution in [-0.2, 0) is 19.1 Å². The number of esters is 2. The first-order valence-corrected chi connectivity index (χ1v) is 11.3. The molecule has 1 spiro atoms. The zero-order valence-electron chi connectivity index (χ0n) is 17.9. The lowest BCUT2D eigenvalue weighted by Gasteiger charge is -2.68. The number of rotatable bonds is 2. The fourth-order valence-corrected chi connectivity index (χ4v) is 8.76. The minimum atomic E-state index is -0.707. The molecule has 5 heteroatoms. The number of aliphatic carboxylic acids is 1. The van der Waals surface area contributed by atoms with Gasteiger partial charge in [0.15, 0.2) is 0 Å². The predicted molar refractivity (Wildman–Crippen MR) is 105 cm³/mol. The highest BCUT2D eigenvalue weighted by Crippen LogP contribution is 2.74. The maximum atomic E-state index is 12.9. The van der Waals surface area contributed by atoms with E-state index in [1.165, 1.54) is 5.57 Å². The molecule has 2 bridgehead atoms. The maximum absolute atomic E-state index is 12.9. The van der Waals surface area contributed by atoms with Crippen LogP contribution in [0.25, 0.3) is 0 Å². The lowest BCUT2D eigenvalue weighted by Crippen LogP contribution is -2.65. The summed E-state index contributed by atoms with van der Waals surface area (Å²) in [4.78, 5) is 37.8. The Hall–Kier alpha value is -1.65. The van der Waals surface area contributed by atoms with Crippen molar-refractivity contribution >= 4 is 17.9 Å². The van der Waals surface area contributed by atoms with Gasteiger partial charge < -0.3 is 9.84 Å². The summed E-state index contributed by atoms with van der Waals surface area (Å²) in [6, 6.07) is 0. The number of carbonyl (C=O) groups excluding carboxylic acids is 2. The van der Waals surface area contributed by atoms with Crippen LogP contribution in [0.4, 0.5) is 0 Å².